The van der Waals surface area contributed by atoms with E-state index in [0.29, 0.717) is 23.8 Å². The second-order valence-electron chi connectivity index (χ2n) is 7.56. The van der Waals surface area contributed by atoms with Gasteiger partial charge in [0.25, 0.3) is 0 Å². The van der Waals surface area contributed by atoms with Crippen LogP contribution in [0.3, 0.4) is 0 Å². The van der Waals surface area contributed by atoms with Gasteiger partial charge in [-0.3, -0.25) is 4.79 Å². The summed E-state index contributed by atoms with van der Waals surface area (Å²) in [5.41, 5.74) is 5.06. The molecule has 0 amide bonds. The summed E-state index contributed by atoms with van der Waals surface area (Å²) in [6.45, 7) is -3.00. The van der Waals surface area contributed by atoms with Crippen molar-refractivity contribution < 1.29 is 18.3 Å². The van der Waals surface area contributed by atoms with Crippen LogP contribution in [0, 0.1) is 0 Å². The van der Waals surface area contributed by atoms with Gasteiger partial charge in [0.2, 0.25) is 0 Å². The Morgan fingerprint density at radius 1 is 1.19 bits per heavy atom. The number of halogens is 2. The van der Waals surface area contributed by atoms with Crippen molar-refractivity contribution in [2.75, 3.05) is 7.05 Å². The molecule has 1 aliphatic rings. The van der Waals surface area contributed by atoms with Crippen LogP contribution in [0.5, 0.6) is 5.75 Å². The predicted molar refractivity (Wildman–Crippen MR) is 113 cm³/mol. The third-order valence-corrected chi connectivity index (χ3v) is 5.89. The molecule has 0 spiro atoms. The van der Waals surface area contributed by atoms with Gasteiger partial charge in [-0.05, 0) is 37.2 Å². The van der Waals surface area contributed by atoms with Crippen molar-refractivity contribution in [1.29, 1.82) is 0 Å². The fourth-order valence-electron chi connectivity index (χ4n) is 4.54. The highest BCUT2D eigenvalue weighted by Gasteiger charge is 2.38. The summed E-state index contributed by atoms with van der Waals surface area (Å²) in [5.74, 6) is -0.346. The van der Waals surface area contributed by atoms with Gasteiger partial charge < -0.3 is 10.1 Å². The Bertz CT molecular complexity index is 1290. The number of hydrogen-bond donors (Lipinski definition) is 1. The lowest BCUT2D eigenvalue weighted by Crippen LogP contribution is -2.15. The smallest absolute Gasteiger partial charge is 0.387 e. The second-order valence-corrected chi connectivity index (χ2v) is 7.56. The molecule has 9 heteroatoms. The van der Waals surface area contributed by atoms with Crippen molar-refractivity contribution in [2.24, 2.45) is 0 Å². The van der Waals surface area contributed by atoms with E-state index < -0.39 is 6.61 Å². The average molecular weight is 435 g/mol. The molecule has 0 radical (unpaired) electrons. The Labute approximate surface area is 182 Å². The number of aldehydes is 1. The number of hydrogen-bond acceptors (Lipinski definition) is 6. The maximum Gasteiger partial charge on any atom is 0.387 e. The number of aromatic nitrogens is 4. The molecule has 5 rings (SSSR count). The summed E-state index contributed by atoms with van der Waals surface area (Å²) in [5, 5.41) is 8.00. The first kappa shape index (κ1) is 20.2. The van der Waals surface area contributed by atoms with E-state index in [1.54, 1.807) is 29.0 Å². The van der Waals surface area contributed by atoms with Crippen molar-refractivity contribution >= 4 is 11.8 Å². The van der Waals surface area contributed by atoms with E-state index in [1.807, 2.05) is 25.4 Å². The highest BCUT2D eigenvalue weighted by Crippen LogP contribution is 2.49. The summed E-state index contributed by atoms with van der Waals surface area (Å²) in [6.07, 6.45) is 8.00. The van der Waals surface area contributed by atoms with Crippen LogP contribution in [0.2, 0.25) is 0 Å². The lowest BCUT2D eigenvalue weighted by atomic mass is 9.88. The van der Waals surface area contributed by atoms with Crippen LogP contribution in [0.25, 0.3) is 16.6 Å². The third kappa shape index (κ3) is 3.31. The molecular weight excluding hydrogens is 416 g/mol. The van der Waals surface area contributed by atoms with E-state index in [2.05, 4.69) is 15.3 Å². The first-order valence-corrected chi connectivity index (χ1v) is 10.1. The molecule has 4 aromatic rings. The van der Waals surface area contributed by atoms with Gasteiger partial charge in [-0.25, -0.2) is 14.5 Å². The molecule has 0 saturated carbocycles. The standard InChI is InChI=1S/C23H19F2N5O2/c1-26-17-8-16(20-14(11-31)3-2-4-19(20)32-23(24)25)21-18-7-13(15-9-27-12-28-10-15)5-6-30(18)29-22(17)21/h2-7,9-12,16-17,23,26H,8H2,1H3. The summed E-state index contributed by atoms with van der Waals surface area (Å²) in [4.78, 5) is 20.0. The lowest BCUT2D eigenvalue weighted by Gasteiger charge is -2.19. The molecule has 162 valence electrons. The Morgan fingerprint density at radius 3 is 2.72 bits per heavy atom. The van der Waals surface area contributed by atoms with Crippen molar-refractivity contribution in [3.63, 3.8) is 0 Å². The molecule has 3 heterocycles. The van der Waals surface area contributed by atoms with Crippen LogP contribution < -0.4 is 10.1 Å². The Balaban J connectivity index is 1.73. The lowest BCUT2D eigenvalue weighted by molar-refractivity contribution is -0.0506. The Kier molecular flexibility index (Phi) is 5.10. The van der Waals surface area contributed by atoms with Crippen LogP contribution in [-0.2, 0) is 0 Å². The monoisotopic (exact) mass is 435 g/mol. The van der Waals surface area contributed by atoms with Crippen molar-refractivity contribution in [2.45, 2.75) is 25.0 Å². The molecule has 32 heavy (non-hydrogen) atoms. The number of nitrogens with zero attached hydrogens (tertiary/aromatic N) is 4. The zero-order valence-electron chi connectivity index (χ0n) is 17.1. The number of rotatable bonds is 6. The van der Waals surface area contributed by atoms with Gasteiger partial charge in [-0.15, -0.1) is 0 Å². The number of carbonyl (C=O) groups is 1. The van der Waals surface area contributed by atoms with Crippen LogP contribution in [0.15, 0.2) is 55.2 Å². The van der Waals surface area contributed by atoms with Gasteiger partial charge in [0.05, 0.1) is 17.3 Å². The van der Waals surface area contributed by atoms with Crippen molar-refractivity contribution in [3.05, 3.63) is 77.6 Å². The number of alkyl halides is 2. The quantitative estimate of drug-likeness (QED) is 0.461. The summed E-state index contributed by atoms with van der Waals surface area (Å²) >= 11 is 0. The molecule has 7 nitrogen and oxygen atoms in total. The van der Waals surface area contributed by atoms with Crippen LogP contribution in [0.1, 0.15) is 45.6 Å². The number of ether oxygens (including phenoxy) is 1. The number of carbonyl (C=O) groups excluding carboxylic acids is 1. The normalized spacial score (nSPS) is 17.6. The fraction of sp³-hybridized carbons (Fsp3) is 0.217. The maximum atomic E-state index is 13.1. The molecule has 3 aromatic heterocycles. The summed E-state index contributed by atoms with van der Waals surface area (Å²) in [6, 6.07) is 8.43. The van der Waals surface area contributed by atoms with Crippen molar-refractivity contribution in [1.82, 2.24) is 24.9 Å². The van der Waals surface area contributed by atoms with Crippen LogP contribution in [-0.4, -0.2) is 39.5 Å². The highest BCUT2D eigenvalue weighted by molar-refractivity contribution is 5.81. The minimum Gasteiger partial charge on any atom is -0.434 e. The Morgan fingerprint density at radius 2 is 2.00 bits per heavy atom. The predicted octanol–water partition coefficient (Wildman–Crippen LogP) is 4.00. The minimum atomic E-state index is -3.00. The van der Waals surface area contributed by atoms with Gasteiger partial charge in [-0.2, -0.15) is 13.9 Å². The molecule has 0 saturated heterocycles. The molecular formula is C23H19F2N5O2. The van der Waals surface area contributed by atoms with Crippen molar-refractivity contribution in [3.8, 4) is 16.9 Å². The van der Waals surface area contributed by atoms with E-state index in [9.17, 15) is 13.6 Å². The zero-order valence-corrected chi connectivity index (χ0v) is 17.1. The number of fused-ring (bicyclic) bond motifs is 3. The molecule has 1 aliphatic carbocycles. The van der Waals surface area contributed by atoms with Gasteiger partial charge in [0, 0.05) is 46.8 Å². The van der Waals surface area contributed by atoms with E-state index in [4.69, 9.17) is 9.84 Å². The molecule has 1 aromatic carbocycles. The highest BCUT2D eigenvalue weighted by atomic mass is 19.3. The summed E-state index contributed by atoms with van der Waals surface area (Å²) < 4.78 is 32.9. The van der Waals surface area contributed by atoms with Gasteiger partial charge >= 0.3 is 6.61 Å². The molecule has 0 fully saturated rings. The molecule has 0 aliphatic heterocycles. The molecule has 2 unspecified atom stereocenters. The first-order valence-electron chi connectivity index (χ1n) is 10.1. The number of benzene rings is 1. The number of nitrogens with one attached hydrogen (secondary N) is 1. The molecule has 0 bridgehead atoms. The minimum absolute atomic E-state index is 0.00395. The summed E-state index contributed by atoms with van der Waals surface area (Å²) in [7, 11) is 1.83. The largest absolute Gasteiger partial charge is 0.434 e. The fourth-order valence-corrected chi connectivity index (χ4v) is 4.54. The maximum absolute atomic E-state index is 13.1. The molecule has 1 N–H and O–H groups in total. The first-order chi connectivity index (χ1) is 15.6. The van der Waals surface area contributed by atoms with Gasteiger partial charge in [-0.1, -0.05) is 12.1 Å². The van der Waals surface area contributed by atoms with Crippen LogP contribution in [0.4, 0.5) is 8.78 Å². The van der Waals surface area contributed by atoms with Crippen LogP contribution >= 0.6 is 0 Å². The van der Waals surface area contributed by atoms with E-state index >= 15 is 0 Å². The zero-order chi connectivity index (χ0) is 22.2. The van der Waals surface area contributed by atoms with Gasteiger partial charge in [0.15, 0.2) is 0 Å². The topological polar surface area (TPSA) is 81.4 Å². The van der Waals surface area contributed by atoms with E-state index in [-0.39, 0.29) is 17.7 Å². The van der Waals surface area contributed by atoms with E-state index in [0.717, 1.165) is 27.9 Å². The second kappa shape index (κ2) is 8.08. The van der Waals surface area contributed by atoms with Gasteiger partial charge in [0.1, 0.15) is 18.4 Å². The third-order valence-electron chi connectivity index (χ3n) is 5.89. The molecule has 2 atom stereocenters. The average Bonchev–Trinajstić information content (AvgIpc) is 3.35. The number of pyridine rings is 1. The van der Waals surface area contributed by atoms with E-state index in [1.165, 1.54) is 12.4 Å². The SMILES string of the molecule is CNC1CC(c2c(C=O)cccc2OC(F)F)c2c1nn1ccc(-c3cncnc3)cc21. The Hall–Kier alpha value is -3.72.